The Balaban J connectivity index is 1.73. The first kappa shape index (κ1) is 15.3. The van der Waals surface area contributed by atoms with E-state index in [-0.39, 0.29) is 11.9 Å². The van der Waals surface area contributed by atoms with E-state index in [1.54, 1.807) is 0 Å². The molecule has 0 saturated carbocycles. The highest BCUT2D eigenvalue weighted by molar-refractivity contribution is 5.79. The van der Waals surface area contributed by atoms with Gasteiger partial charge in [0.15, 0.2) is 0 Å². The van der Waals surface area contributed by atoms with E-state index in [1.165, 1.54) is 7.11 Å². The van der Waals surface area contributed by atoms with Gasteiger partial charge in [-0.15, -0.1) is 0 Å². The Hall–Kier alpha value is -1.10. The zero-order valence-electron chi connectivity index (χ0n) is 12.5. The third-order valence-electron chi connectivity index (χ3n) is 4.36. The summed E-state index contributed by atoms with van der Waals surface area (Å²) in [6.07, 6.45) is 5.70. The lowest BCUT2D eigenvalue weighted by atomic mass is 9.96. The topological polar surface area (TPSA) is 49.9 Å². The summed E-state index contributed by atoms with van der Waals surface area (Å²) in [7, 11) is 1.42. The van der Waals surface area contributed by atoms with Crippen LogP contribution >= 0.6 is 0 Å². The number of nitrogens with zero attached hydrogens (tertiary/aromatic N) is 2. The molecule has 5 heteroatoms. The van der Waals surface area contributed by atoms with Gasteiger partial charge in [0.05, 0.1) is 13.0 Å². The van der Waals surface area contributed by atoms with Crippen LogP contribution in [-0.4, -0.2) is 61.5 Å². The van der Waals surface area contributed by atoms with Gasteiger partial charge in [-0.05, 0) is 45.2 Å². The Morgan fingerprint density at radius 2 is 1.90 bits per heavy atom. The van der Waals surface area contributed by atoms with Gasteiger partial charge >= 0.3 is 5.97 Å². The molecule has 0 N–H and O–H groups in total. The number of methoxy groups -OCH3 is 1. The molecule has 0 unspecified atom stereocenters. The predicted molar refractivity (Wildman–Crippen MR) is 76.2 cm³/mol. The quantitative estimate of drug-likeness (QED) is 0.713. The van der Waals surface area contributed by atoms with Crippen molar-refractivity contribution in [3.05, 3.63) is 0 Å². The summed E-state index contributed by atoms with van der Waals surface area (Å²) in [6.45, 7) is 4.68. The first-order chi connectivity index (χ1) is 9.70. The standard InChI is InChI=1S/C15H26N2O3/c1-20-14(18)7-5-9-16-8-4-6-13(12-16)15(19)17-10-2-3-11-17/h13H,2-12H2,1H3/t13-/m0/s1. The molecule has 114 valence electrons. The second-order valence-electron chi connectivity index (χ2n) is 5.85. The van der Waals surface area contributed by atoms with Crippen molar-refractivity contribution in [2.75, 3.05) is 39.8 Å². The van der Waals surface area contributed by atoms with Crippen LogP contribution in [-0.2, 0) is 14.3 Å². The van der Waals surface area contributed by atoms with Crippen molar-refractivity contribution >= 4 is 11.9 Å². The smallest absolute Gasteiger partial charge is 0.305 e. The van der Waals surface area contributed by atoms with Crippen LogP contribution in [0.4, 0.5) is 0 Å². The number of rotatable bonds is 5. The van der Waals surface area contributed by atoms with Crippen molar-refractivity contribution in [1.82, 2.24) is 9.80 Å². The fraction of sp³-hybridized carbons (Fsp3) is 0.867. The highest BCUT2D eigenvalue weighted by Gasteiger charge is 2.30. The SMILES string of the molecule is COC(=O)CCCN1CCC[C@H](C(=O)N2CCCC2)C1. The van der Waals surface area contributed by atoms with Crippen molar-refractivity contribution in [3.63, 3.8) is 0 Å². The van der Waals surface area contributed by atoms with E-state index in [4.69, 9.17) is 0 Å². The fourth-order valence-corrected chi connectivity index (χ4v) is 3.20. The number of piperidine rings is 1. The van der Waals surface area contributed by atoms with Gasteiger partial charge in [0.25, 0.3) is 0 Å². The Kier molecular flexibility index (Phi) is 5.83. The van der Waals surface area contributed by atoms with Crippen LogP contribution in [0.25, 0.3) is 0 Å². The Morgan fingerprint density at radius 1 is 1.15 bits per heavy atom. The molecule has 0 spiro atoms. The summed E-state index contributed by atoms with van der Waals surface area (Å²) in [5, 5.41) is 0. The van der Waals surface area contributed by atoms with E-state index >= 15 is 0 Å². The highest BCUT2D eigenvalue weighted by atomic mass is 16.5. The largest absolute Gasteiger partial charge is 0.469 e. The molecule has 0 aromatic heterocycles. The van der Waals surface area contributed by atoms with Crippen LogP contribution in [0, 0.1) is 5.92 Å². The first-order valence-corrected chi connectivity index (χ1v) is 7.78. The lowest BCUT2D eigenvalue weighted by Gasteiger charge is -2.33. The van der Waals surface area contributed by atoms with Crippen LogP contribution in [0.3, 0.4) is 0 Å². The summed E-state index contributed by atoms with van der Waals surface area (Å²) in [4.78, 5) is 27.9. The van der Waals surface area contributed by atoms with Crippen LogP contribution in [0.5, 0.6) is 0 Å². The van der Waals surface area contributed by atoms with E-state index in [9.17, 15) is 9.59 Å². The number of amides is 1. The number of esters is 1. The zero-order valence-corrected chi connectivity index (χ0v) is 12.5. The molecule has 5 nitrogen and oxygen atoms in total. The van der Waals surface area contributed by atoms with E-state index in [2.05, 4.69) is 9.64 Å². The van der Waals surface area contributed by atoms with Gasteiger partial charge in [-0.3, -0.25) is 9.59 Å². The lowest BCUT2D eigenvalue weighted by Crippen LogP contribution is -2.44. The average Bonchev–Trinajstić information content (AvgIpc) is 3.01. The number of hydrogen-bond donors (Lipinski definition) is 0. The van der Waals surface area contributed by atoms with Crippen molar-refractivity contribution < 1.29 is 14.3 Å². The molecule has 0 radical (unpaired) electrons. The number of likely N-dealkylation sites (tertiary alicyclic amines) is 2. The van der Waals surface area contributed by atoms with Gasteiger partial charge in [-0.2, -0.15) is 0 Å². The molecule has 2 heterocycles. The molecule has 1 atom stereocenters. The van der Waals surface area contributed by atoms with Crippen LogP contribution < -0.4 is 0 Å². The summed E-state index contributed by atoms with van der Waals surface area (Å²) < 4.78 is 4.65. The van der Waals surface area contributed by atoms with E-state index in [0.717, 1.165) is 64.8 Å². The van der Waals surface area contributed by atoms with E-state index in [1.807, 2.05) is 4.90 Å². The third kappa shape index (κ3) is 4.20. The summed E-state index contributed by atoms with van der Waals surface area (Å²) in [5.74, 6) is 0.367. The molecule has 2 saturated heterocycles. The van der Waals surface area contributed by atoms with Crippen molar-refractivity contribution in [2.24, 2.45) is 5.92 Å². The minimum Gasteiger partial charge on any atom is -0.469 e. The van der Waals surface area contributed by atoms with Crippen molar-refractivity contribution in [3.8, 4) is 0 Å². The van der Waals surface area contributed by atoms with Crippen LogP contribution in [0.1, 0.15) is 38.5 Å². The van der Waals surface area contributed by atoms with Gasteiger partial charge in [-0.1, -0.05) is 0 Å². The van der Waals surface area contributed by atoms with Crippen LogP contribution in [0.2, 0.25) is 0 Å². The molecular weight excluding hydrogens is 256 g/mol. The second kappa shape index (κ2) is 7.62. The number of carbonyl (C=O) groups excluding carboxylic acids is 2. The molecule has 2 rings (SSSR count). The molecule has 0 aromatic rings. The van der Waals surface area contributed by atoms with E-state index < -0.39 is 0 Å². The Labute approximate surface area is 121 Å². The fourth-order valence-electron chi connectivity index (χ4n) is 3.20. The van der Waals surface area contributed by atoms with Gasteiger partial charge in [0.2, 0.25) is 5.91 Å². The zero-order chi connectivity index (χ0) is 14.4. The van der Waals surface area contributed by atoms with Gasteiger partial charge in [0, 0.05) is 26.1 Å². The third-order valence-corrected chi connectivity index (χ3v) is 4.36. The van der Waals surface area contributed by atoms with Crippen molar-refractivity contribution in [2.45, 2.75) is 38.5 Å². The molecule has 20 heavy (non-hydrogen) atoms. The first-order valence-electron chi connectivity index (χ1n) is 7.78. The van der Waals surface area contributed by atoms with Crippen LogP contribution in [0.15, 0.2) is 0 Å². The van der Waals surface area contributed by atoms with Gasteiger partial charge in [0.1, 0.15) is 0 Å². The summed E-state index contributed by atoms with van der Waals surface area (Å²) >= 11 is 0. The molecule has 0 aromatic carbocycles. The lowest BCUT2D eigenvalue weighted by molar-refractivity contribution is -0.141. The number of ether oxygens (including phenoxy) is 1. The number of carbonyl (C=O) groups is 2. The number of hydrogen-bond acceptors (Lipinski definition) is 4. The Morgan fingerprint density at radius 3 is 2.60 bits per heavy atom. The Bertz CT molecular complexity index is 340. The second-order valence-corrected chi connectivity index (χ2v) is 5.85. The summed E-state index contributed by atoms with van der Waals surface area (Å²) in [5.41, 5.74) is 0. The normalized spacial score (nSPS) is 23.9. The minimum atomic E-state index is -0.147. The van der Waals surface area contributed by atoms with Crippen molar-refractivity contribution in [1.29, 1.82) is 0 Å². The molecule has 1 amide bonds. The maximum Gasteiger partial charge on any atom is 0.305 e. The van der Waals surface area contributed by atoms with Gasteiger partial charge in [-0.25, -0.2) is 0 Å². The predicted octanol–water partition coefficient (Wildman–Crippen LogP) is 1.27. The van der Waals surface area contributed by atoms with Gasteiger partial charge < -0.3 is 14.5 Å². The maximum absolute atomic E-state index is 12.4. The highest BCUT2D eigenvalue weighted by Crippen LogP contribution is 2.21. The monoisotopic (exact) mass is 282 g/mol. The molecule has 2 aliphatic rings. The van der Waals surface area contributed by atoms with E-state index in [0.29, 0.717) is 12.3 Å². The molecular formula is C15H26N2O3. The average molecular weight is 282 g/mol. The maximum atomic E-state index is 12.4. The molecule has 0 aliphatic carbocycles. The minimum absolute atomic E-state index is 0.147. The molecule has 2 fully saturated rings. The molecule has 2 aliphatic heterocycles. The summed E-state index contributed by atoms with van der Waals surface area (Å²) in [6, 6.07) is 0. The molecule has 0 bridgehead atoms.